The summed E-state index contributed by atoms with van der Waals surface area (Å²) >= 11 is 4.78. The maximum Gasteiger partial charge on any atom is 0.260 e. The fourth-order valence-electron chi connectivity index (χ4n) is 3.61. The molecule has 1 N–H and O–H groups in total. The summed E-state index contributed by atoms with van der Waals surface area (Å²) in [4.78, 5) is 37.6. The number of nitrogens with zero attached hydrogens (tertiary/aromatic N) is 2. The highest BCUT2D eigenvalue weighted by Crippen LogP contribution is 2.35. The molecule has 5 nitrogen and oxygen atoms in total. The van der Waals surface area contributed by atoms with Gasteiger partial charge >= 0.3 is 0 Å². The Hall–Kier alpha value is -2.81. The molecule has 0 spiro atoms. The van der Waals surface area contributed by atoms with E-state index < -0.39 is 0 Å². The second-order valence-corrected chi connectivity index (χ2v) is 10.5. The highest BCUT2D eigenvalue weighted by Gasteiger charge is 2.17. The van der Waals surface area contributed by atoms with E-state index in [1.807, 2.05) is 36.6 Å². The number of hydrogen-bond donors (Lipinski definition) is 1. The highest BCUT2D eigenvalue weighted by atomic mass is 32.1. The van der Waals surface area contributed by atoms with Gasteiger partial charge < -0.3 is 9.88 Å². The normalized spacial score (nSPS) is 11.4. The number of fused-ring (bicyclic) bond motifs is 2. The fourth-order valence-corrected chi connectivity index (χ4v) is 6.49. The molecule has 1 amide bonds. The lowest BCUT2D eigenvalue weighted by Gasteiger charge is -2.16. The number of aryl methyl sites for hydroxylation is 1. The Morgan fingerprint density at radius 3 is 2.77 bits per heavy atom. The molecule has 156 valence electrons. The van der Waals surface area contributed by atoms with Crippen molar-refractivity contribution in [2.75, 3.05) is 7.05 Å². The number of hydrogen-bond acceptors (Lipinski definition) is 6. The van der Waals surface area contributed by atoms with Gasteiger partial charge in [-0.3, -0.25) is 9.59 Å². The van der Waals surface area contributed by atoms with Crippen LogP contribution in [0.1, 0.15) is 16.3 Å². The molecular weight excluding hydrogens is 446 g/mol. The van der Waals surface area contributed by atoms with Crippen molar-refractivity contribution in [3.05, 3.63) is 73.8 Å². The maximum absolute atomic E-state index is 12.8. The van der Waals surface area contributed by atoms with Crippen LogP contribution in [0.25, 0.3) is 30.7 Å². The first-order chi connectivity index (χ1) is 15.0. The smallest absolute Gasteiger partial charge is 0.260 e. The second-order valence-electron chi connectivity index (χ2n) is 7.44. The summed E-state index contributed by atoms with van der Waals surface area (Å²) in [6.07, 6.45) is 0.0646. The standard InChI is InChI=1S/C23H19N3O2S3/c1-13-7-8-18(31-13)16-12-30-23-21(16)22(28)24-19(25-23)9-20(27)26(2)10-14-11-29-17-6-4-3-5-15(14)17/h3-8,11-12H,9-10H2,1-2H3,(H,24,25,28). The molecule has 0 aliphatic heterocycles. The summed E-state index contributed by atoms with van der Waals surface area (Å²) in [5.41, 5.74) is 1.84. The molecule has 0 saturated carbocycles. The van der Waals surface area contributed by atoms with Gasteiger partial charge in [0.1, 0.15) is 10.7 Å². The third-order valence-corrected chi connectivity index (χ3v) is 8.13. The van der Waals surface area contributed by atoms with Crippen LogP contribution in [-0.2, 0) is 17.8 Å². The Kier molecular flexibility index (Phi) is 5.21. The van der Waals surface area contributed by atoms with E-state index in [1.165, 1.54) is 26.3 Å². The first kappa shape index (κ1) is 20.1. The SMILES string of the molecule is Cc1ccc(-c2csc3nc(CC(=O)N(C)Cc4csc5ccccc45)[nH]c(=O)c23)s1. The van der Waals surface area contributed by atoms with E-state index >= 15 is 0 Å². The first-order valence-electron chi connectivity index (χ1n) is 9.76. The summed E-state index contributed by atoms with van der Waals surface area (Å²) in [5, 5.41) is 5.84. The van der Waals surface area contributed by atoms with Crippen molar-refractivity contribution >= 4 is 60.2 Å². The van der Waals surface area contributed by atoms with Gasteiger partial charge in [0.05, 0.1) is 11.8 Å². The van der Waals surface area contributed by atoms with Crippen LogP contribution >= 0.6 is 34.0 Å². The minimum atomic E-state index is -0.193. The quantitative estimate of drug-likeness (QED) is 0.376. The Morgan fingerprint density at radius 2 is 1.97 bits per heavy atom. The van der Waals surface area contributed by atoms with E-state index in [2.05, 4.69) is 27.5 Å². The van der Waals surface area contributed by atoms with Gasteiger partial charge in [0, 0.05) is 39.0 Å². The van der Waals surface area contributed by atoms with Gasteiger partial charge in [-0.05, 0) is 41.5 Å². The second kappa shape index (κ2) is 8.03. The number of amides is 1. The minimum Gasteiger partial charge on any atom is -0.341 e. The number of thiophene rings is 3. The summed E-state index contributed by atoms with van der Waals surface area (Å²) < 4.78 is 1.21. The molecule has 0 bridgehead atoms. The van der Waals surface area contributed by atoms with E-state index in [0.29, 0.717) is 22.6 Å². The highest BCUT2D eigenvalue weighted by molar-refractivity contribution is 7.19. The molecule has 5 rings (SSSR count). The average Bonchev–Trinajstić information content (AvgIpc) is 3.46. The predicted molar refractivity (Wildman–Crippen MR) is 130 cm³/mol. The van der Waals surface area contributed by atoms with Gasteiger partial charge in [-0.2, -0.15) is 0 Å². The molecule has 0 unspecified atom stereocenters. The van der Waals surface area contributed by atoms with Gasteiger partial charge in [0.2, 0.25) is 5.91 Å². The van der Waals surface area contributed by atoms with Crippen molar-refractivity contribution in [3.8, 4) is 10.4 Å². The number of carbonyl (C=O) groups is 1. The predicted octanol–water partition coefficient (Wildman–Crippen LogP) is 5.44. The van der Waals surface area contributed by atoms with Crippen LogP contribution in [0.4, 0.5) is 0 Å². The number of likely N-dealkylation sites (N-methyl/N-ethyl adjacent to an activating group) is 1. The number of aromatic nitrogens is 2. The van der Waals surface area contributed by atoms with Crippen molar-refractivity contribution in [1.29, 1.82) is 0 Å². The topological polar surface area (TPSA) is 66.1 Å². The number of carbonyl (C=O) groups excluding carboxylic acids is 1. The molecular formula is C23H19N3O2S3. The van der Waals surface area contributed by atoms with Gasteiger partial charge in [-0.15, -0.1) is 34.0 Å². The number of nitrogens with one attached hydrogen (secondary N) is 1. The molecule has 0 aliphatic carbocycles. The molecule has 8 heteroatoms. The Balaban J connectivity index is 1.37. The van der Waals surface area contributed by atoms with Crippen LogP contribution in [0.3, 0.4) is 0 Å². The molecule has 1 aromatic carbocycles. The van der Waals surface area contributed by atoms with Crippen molar-refractivity contribution < 1.29 is 4.79 Å². The van der Waals surface area contributed by atoms with Gasteiger partial charge in [0.25, 0.3) is 5.56 Å². The van der Waals surface area contributed by atoms with Crippen LogP contribution in [0.5, 0.6) is 0 Å². The van der Waals surface area contributed by atoms with E-state index in [9.17, 15) is 9.59 Å². The zero-order valence-corrected chi connectivity index (χ0v) is 19.4. The molecule has 0 atom stereocenters. The van der Waals surface area contributed by atoms with E-state index in [4.69, 9.17) is 0 Å². The summed E-state index contributed by atoms with van der Waals surface area (Å²) in [5.74, 6) is 0.323. The van der Waals surface area contributed by atoms with Crippen molar-refractivity contribution in [3.63, 3.8) is 0 Å². The third-order valence-electron chi connectivity index (χ3n) is 5.21. The number of H-pyrrole nitrogens is 1. The lowest BCUT2D eigenvalue weighted by molar-refractivity contribution is -0.129. The molecule has 0 saturated heterocycles. The average molecular weight is 466 g/mol. The lowest BCUT2D eigenvalue weighted by Crippen LogP contribution is -2.29. The molecule has 0 aliphatic rings. The minimum absolute atomic E-state index is 0.0646. The maximum atomic E-state index is 12.8. The number of benzene rings is 1. The van der Waals surface area contributed by atoms with Crippen LogP contribution in [-0.4, -0.2) is 27.8 Å². The molecule has 0 radical (unpaired) electrons. The van der Waals surface area contributed by atoms with Gasteiger partial charge in [-0.1, -0.05) is 18.2 Å². The van der Waals surface area contributed by atoms with E-state index in [-0.39, 0.29) is 17.9 Å². The summed E-state index contributed by atoms with van der Waals surface area (Å²) in [6.45, 7) is 2.57. The Morgan fingerprint density at radius 1 is 1.13 bits per heavy atom. The van der Waals surface area contributed by atoms with Gasteiger partial charge in [-0.25, -0.2) is 4.98 Å². The van der Waals surface area contributed by atoms with Gasteiger partial charge in [0.15, 0.2) is 0 Å². The number of aromatic amines is 1. The summed E-state index contributed by atoms with van der Waals surface area (Å²) in [6, 6.07) is 12.3. The third kappa shape index (κ3) is 3.82. The molecule has 31 heavy (non-hydrogen) atoms. The fraction of sp³-hybridized carbons (Fsp3) is 0.174. The van der Waals surface area contributed by atoms with Crippen molar-refractivity contribution in [2.24, 2.45) is 0 Å². The van der Waals surface area contributed by atoms with Crippen LogP contribution in [0.2, 0.25) is 0 Å². The van der Waals surface area contributed by atoms with Crippen LogP contribution < -0.4 is 5.56 Å². The zero-order chi connectivity index (χ0) is 21.5. The van der Waals surface area contributed by atoms with Crippen LogP contribution in [0.15, 0.2) is 52.0 Å². The molecule has 0 fully saturated rings. The Bertz CT molecular complexity index is 1470. The molecule has 4 heterocycles. The van der Waals surface area contributed by atoms with Crippen molar-refractivity contribution in [2.45, 2.75) is 19.9 Å². The molecule has 5 aromatic rings. The van der Waals surface area contributed by atoms with Crippen molar-refractivity contribution in [1.82, 2.24) is 14.9 Å². The first-order valence-corrected chi connectivity index (χ1v) is 12.3. The van der Waals surface area contributed by atoms with E-state index in [1.54, 1.807) is 34.6 Å². The van der Waals surface area contributed by atoms with Crippen LogP contribution in [0, 0.1) is 6.92 Å². The lowest BCUT2D eigenvalue weighted by atomic mass is 10.1. The van der Waals surface area contributed by atoms with E-state index in [0.717, 1.165) is 16.0 Å². The Labute approximate surface area is 190 Å². The largest absolute Gasteiger partial charge is 0.341 e. The summed E-state index contributed by atoms with van der Waals surface area (Å²) in [7, 11) is 1.79. The zero-order valence-electron chi connectivity index (χ0n) is 17.0. The molecule has 4 aromatic heterocycles. The number of rotatable bonds is 5. The monoisotopic (exact) mass is 465 g/mol.